The van der Waals surface area contributed by atoms with Crippen LogP contribution in [0, 0.1) is 0 Å². The third-order valence-corrected chi connectivity index (χ3v) is 5.31. The number of hydrogen-bond donors (Lipinski definition) is 0. The van der Waals surface area contributed by atoms with E-state index in [0.717, 1.165) is 11.1 Å². The molecule has 0 spiro atoms. The Labute approximate surface area is 125 Å². The molecule has 0 unspecified atom stereocenters. The first-order chi connectivity index (χ1) is 9.86. The summed E-state index contributed by atoms with van der Waals surface area (Å²) in [5, 5.41) is 0. The van der Waals surface area contributed by atoms with Crippen LogP contribution in [-0.4, -0.2) is 51.0 Å². The molecule has 0 atom stereocenters. The third-order valence-electron chi connectivity index (χ3n) is 3.49. The van der Waals surface area contributed by atoms with Crippen molar-refractivity contribution < 1.29 is 17.9 Å². The Morgan fingerprint density at radius 3 is 2.67 bits per heavy atom. The zero-order valence-corrected chi connectivity index (χ0v) is 13.3. The molecule has 0 radical (unpaired) electrons. The summed E-state index contributed by atoms with van der Waals surface area (Å²) in [6, 6.07) is 5.10. The van der Waals surface area contributed by atoms with Crippen molar-refractivity contribution in [1.29, 1.82) is 0 Å². The molecule has 0 fully saturated rings. The van der Waals surface area contributed by atoms with Gasteiger partial charge in [-0.25, -0.2) is 17.5 Å². The van der Waals surface area contributed by atoms with Crippen molar-refractivity contribution in [1.82, 2.24) is 9.21 Å². The van der Waals surface area contributed by atoms with Crippen LogP contribution in [-0.2, 0) is 27.7 Å². The highest BCUT2D eigenvalue weighted by molar-refractivity contribution is 7.89. The van der Waals surface area contributed by atoms with Crippen molar-refractivity contribution in [2.75, 3.05) is 27.2 Å². The second-order valence-electron chi connectivity index (χ2n) is 5.09. The Hall–Kier alpha value is -1.60. The average Bonchev–Trinajstić information content (AvgIpc) is 2.46. The first kappa shape index (κ1) is 15.8. The average molecular weight is 312 g/mol. The maximum Gasteiger partial charge on any atom is 0.410 e. The van der Waals surface area contributed by atoms with Crippen LogP contribution in [0.1, 0.15) is 18.1 Å². The van der Waals surface area contributed by atoms with E-state index in [9.17, 15) is 13.2 Å². The molecule has 1 heterocycles. The fourth-order valence-electron chi connectivity index (χ4n) is 2.28. The van der Waals surface area contributed by atoms with E-state index in [1.807, 2.05) is 6.07 Å². The highest BCUT2D eigenvalue weighted by Crippen LogP contribution is 2.24. The zero-order chi connectivity index (χ0) is 15.6. The summed E-state index contributed by atoms with van der Waals surface area (Å²) in [4.78, 5) is 13.6. The van der Waals surface area contributed by atoms with E-state index < -0.39 is 10.0 Å². The monoisotopic (exact) mass is 312 g/mol. The third kappa shape index (κ3) is 3.19. The summed E-state index contributed by atoms with van der Waals surface area (Å²) in [6.45, 7) is 3.06. The predicted octanol–water partition coefficient (Wildman–Crippen LogP) is 1.45. The van der Waals surface area contributed by atoms with Crippen molar-refractivity contribution in [3.05, 3.63) is 29.3 Å². The van der Waals surface area contributed by atoms with Gasteiger partial charge in [0.1, 0.15) is 0 Å². The molecule has 21 heavy (non-hydrogen) atoms. The number of nitrogens with zero attached hydrogens (tertiary/aromatic N) is 2. The number of fused-ring (bicyclic) bond motifs is 1. The standard InChI is InChI=1S/C14H20N2O4S/c1-4-20-14(17)16-8-7-11-5-6-13(9-12(11)10-16)21(18,19)15(2)3/h5-6,9H,4,7-8,10H2,1-3H3. The molecule has 7 heteroatoms. The lowest BCUT2D eigenvalue weighted by Crippen LogP contribution is -2.36. The van der Waals surface area contributed by atoms with E-state index >= 15 is 0 Å². The number of benzene rings is 1. The van der Waals surface area contributed by atoms with E-state index in [2.05, 4.69) is 0 Å². The van der Waals surface area contributed by atoms with Gasteiger partial charge in [0.15, 0.2) is 0 Å². The molecular formula is C14H20N2O4S. The summed E-state index contributed by atoms with van der Waals surface area (Å²) >= 11 is 0. The smallest absolute Gasteiger partial charge is 0.410 e. The van der Waals surface area contributed by atoms with Gasteiger partial charge in [-0.3, -0.25) is 0 Å². The minimum absolute atomic E-state index is 0.247. The first-order valence-electron chi connectivity index (χ1n) is 6.82. The van der Waals surface area contributed by atoms with Crippen LogP contribution in [0.15, 0.2) is 23.1 Å². The van der Waals surface area contributed by atoms with Crippen molar-refractivity contribution in [3.8, 4) is 0 Å². The van der Waals surface area contributed by atoms with Crippen LogP contribution in [0.25, 0.3) is 0 Å². The maximum atomic E-state index is 12.2. The summed E-state index contributed by atoms with van der Waals surface area (Å²) in [7, 11) is -0.460. The van der Waals surface area contributed by atoms with Gasteiger partial charge < -0.3 is 9.64 Å². The summed E-state index contributed by atoms with van der Waals surface area (Å²) in [5.74, 6) is 0. The minimum Gasteiger partial charge on any atom is -0.450 e. The molecule has 0 aliphatic carbocycles. The molecular weight excluding hydrogens is 292 g/mol. The highest BCUT2D eigenvalue weighted by Gasteiger charge is 2.24. The van der Waals surface area contributed by atoms with Crippen molar-refractivity contribution in [2.24, 2.45) is 0 Å². The number of rotatable bonds is 3. The first-order valence-corrected chi connectivity index (χ1v) is 8.26. The van der Waals surface area contributed by atoms with Gasteiger partial charge >= 0.3 is 6.09 Å². The fraction of sp³-hybridized carbons (Fsp3) is 0.500. The molecule has 1 amide bonds. The lowest BCUT2D eigenvalue weighted by atomic mass is 10.0. The van der Waals surface area contributed by atoms with Gasteiger partial charge in [0.25, 0.3) is 0 Å². The maximum absolute atomic E-state index is 12.2. The molecule has 6 nitrogen and oxygen atoms in total. The molecule has 1 aliphatic heterocycles. The minimum atomic E-state index is -3.46. The van der Waals surface area contributed by atoms with Crippen molar-refractivity contribution in [3.63, 3.8) is 0 Å². The SMILES string of the molecule is CCOC(=O)N1CCc2ccc(S(=O)(=O)N(C)C)cc2C1. The highest BCUT2D eigenvalue weighted by atomic mass is 32.2. The summed E-state index contributed by atoms with van der Waals surface area (Å²) < 4.78 is 30.5. The second-order valence-corrected chi connectivity index (χ2v) is 7.24. The van der Waals surface area contributed by atoms with Crippen molar-refractivity contribution in [2.45, 2.75) is 24.8 Å². The molecule has 0 aromatic heterocycles. The van der Waals surface area contributed by atoms with Gasteiger partial charge in [-0.05, 0) is 36.6 Å². The van der Waals surface area contributed by atoms with E-state index in [1.54, 1.807) is 24.0 Å². The molecule has 1 aromatic rings. The van der Waals surface area contributed by atoms with E-state index in [1.165, 1.54) is 18.4 Å². The largest absolute Gasteiger partial charge is 0.450 e. The number of hydrogen-bond acceptors (Lipinski definition) is 4. The van der Waals surface area contributed by atoms with Crippen LogP contribution in [0.3, 0.4) is 0 Å². The van der Waals surface area contributed by atoms with Gasteiger partial charge in [0, 0.05) is 27.2 Å². The van der Waals surface area contributed by atoms with E-state index in [4.69, 9.17) is 4.74 Å². The molecule has 0 bridgehead atoms. The van der Waals surface area contributed by atoms with Gasteiger partial charge in [-0.1, -0.05) is 6.07 Å². The number of carbonyl (C=O) groups is 1. The Morgan fingerprint density at radius 1 is 1.33 bits per heavy atom. The van der Waals surface area contributed by atoms with E-state index in [0.29, 0.717) is 26.1 Å². The Kier molecular flexibility index (Phi) is 4.53. The number of carbonyl (C=O) groups excluding carboxylic acids is 1. The Balaban J connectivity index is 2.29. The van der Waals surface area contributed by atoms with Gasteiger partial charge in [0.2, 0.25) is 10.0 Å². The Morgan fingerprint density at radius 2 is 2.05 bits per heavy atom. The number of ether oxygens (including phenoxy) is 1. The quantitative estimate of drug-likeness (QED) is 0.847. The van der Waals surface area contributed by atoms with Gasteiger partial charge in [-0.2, -0.15) is 0 Å². The van der Waals surface area contributed by atoms with Crippen LogP contribution >= 0.6 is 0 Å². The van der Waals surface area contributed by atoms with Crippen LogP contribution in [0.4, 0.5) is 4.79 Å². The van der Waals surface area contributed by atoms with Gasteiger partial charge in [-0.15, -0.1) is 0 Å². The predicted molar refractivity (Wildman–Crippen MR) is 78.5 cm³/mol. The number of sulfonamides is 1. The number of amides is 1. The lowest BCUT2D eigenvalue weighted by molar-refractivity contribution is 0.102. The zero-order valence-electron chi connectivity index (χ0n) is 12.5. The molecule has 0 saturated heterocycles. The van der Waals surface area contributed by atoms with Crippen molar-refractivity contribution >= 4 is 16.1 Å². The fourth-order valence-corrected chi connectivity index (χ4v) is 3.23. The Bertz CT molecular complexity index is 640. The molecule has 2 rings (SSSR count). The molecule has 0 saturated carbocycles. The summed E-state index contributed by atoms with van der Waals surface area (Å²) in [6.07, 6.45) is 0.347. The molecule has 0 N–H and O–H groups in total. The van der Waals surface area contributed by atoms with Crippen LogP contribution in [0.2, 0.25) is 0 Å². The van der Waals surface area contributed by atoms with Crippen LogP contribution < -0.4 is 0 Å². The topological polar surface area (TPSA) is 66.9 Å². The second kappa shape index (κ2) is 6.03. The van der Waals surface area contributed by atoms with Gasteiger partial charge in [0.05, 0.1) is 11.5 Å². The van der Waals surface area contributed by atoms with E-state index in [-0.39, 0.29) is 11.0 Å². The summed E-state index contributed by atoms with van der Waals surface area (Å²) in [5.41, 5.74) is 1.94. The molecule has 1 aromatic carbocycles. The lowest BCUT2D eigenvalue weighted by Gasteiger charge is -2.28. The molecule has 1 aliphatic rings. The normalized spacial score (nSPS) is 15.0. The molecule has 116 valence electrons. The van der Waals surface area contributed by atoms with Crippen LogP contribution in [0.5, 0.6) is 0 Å².